The van der Waals surface area contributed by atoms with Crippen LogP contribution in [0.1, 0.15) is 108 Å². The normalized spacial score (nSPS) is 17.5. The summed E-state index contributed by atoms with van der Waals surface area (Å²) in [5.41, 5.74) is 9.13. The first-order chi connectivity index (χ1) is 18.9. The molecular formula is C37H49FO. The summed E-state index contributed by atoms with van der Waals surface area (Å²) in [7, 11) is 0. The third kappa shape index (κ3) is 6.76. The summed E-state index contributed by atoms with van der Waals surface area (Å²) in [6, 6.07) is 17.1. The summed E-state index contributed by atoms with van der Waals surface area (Å²) in [5.74, 6) is 2.89. The first-order valence-corrected chi connectivity index (χ1v) is 15.6. The lowest BCUT2D eigenvalue weighted by atomic mass is 9.79. The Morgan fingerprint density at radius 2 is 1.31 bits per heavy atom. The molecule has 1 aliphatic carbocycles. The van der Waals surface area contributed by atoms with Crippen LogP contribution in [-0.4, -0.2) is 6.61 Å². The molecule has 210 valence electrons. The molecule has 0 aromatic heterocycles. The lowest BCUT2D eigenvalue weighted by Gasteiger charge is -2.26. The highest BCUT2D eigenvalue weighted by Crippen LogP contribution is 2.39. The van der Waals surface area contributed by atoms with Crippen molar-refractivity contribution in [3.8, 4) is 28.0 Å². The lowest BCUT2D eigenvalue weighted by molar-refractivity contribution is 0.237. The molecule has 0 amide bonds. The second-order valence-corrected chi connectivity index (χ2v) is 11.7. The molecule has 2 heteroatoms. The topological polar surface area (TPSA) is 9.23 Å². The summed E-state index contributed by atoms with van der Waals surface area (Å²) in [5, 5.41) is 0. The summed E-state index contributed by atoms with van der Waals surface area (Å²) < 4.78 is 21.9. The van der Waals surface area contributed by atoms with E-state index in [0.29, 0.717) is 17.4 Å². The van der Waals surface area contributed by atoms with Gasteiger partial charge in [0.15, 0.2) is 0 Å². The quantitative estimate of drug-likeness (QED) is 0.240. The zero-order valence-electron chi connectivity index (χ0n) is 25.2. The molecule has 3 aromatic rings. The Labute approximate surface area is 237 Å². The Morgan fingerprint density at radius 3 is 1.87 bits per heavy atom. The van der Waals surface area contributed by atoms with Gasteiger partial charge in [0.25, 0.3) is 0 Å². The van der Waals surface area contributed by atoms with E-state index in [1.54, 1.807) is 6.07 Å². The fourth-order valence-electron chi connectivity index (χ4n) is 6.29. The molecule has 1 aliphatic rings. The molecule has 3 aromatic carbocycles. The maximum atomic E-state index is 15.4. The molecule has 4 rings (SSSR count). The van der Waals surface area contributed by atoms with Gasteiger partial charge in [-0.15, -0.1) is 0 Å². The van der Waals surface area contributed by atoms with Gasteiger partial charge in [-0.25, -0.2) is 4.39 Å². The van der Waals surface area contributed by atoms with Gasteiger partial charge in [0.2, 0.25) is 0 Å². The number of aryl methyl sites for hydroxylation is 3. The van der Waals surface area contributed by atoms with Crippen LogP contribution in [0.3, 0.4) is 0 Å². The fourth-order valence-corrected chi connectivity index (χ4v) is 6.29. The van der Waals surface area contributed by atoms with E-state index >= 15 is 4.39 Å². The zero-order chi connectivity index (χ0) is 27.9. The second-order valence-electron chi connectivity index (χ2n) is 11.7. The van der Waals surface area contributed by atoms with Crippen molar-refractivity contribution in [2.45, 2.75) is 105 Å². The average molecular weight is 529 g/mol. The minimum absolute atomic E-state index is 0.0959. The monoisotopic (exact) mass is 528 g/mol. The molecule has 0 heterocycles. The third-order valence-corrected chi connectivity index (χ3v) is 9.21. The van der Waals surface area contributed by atoms with Crippen LogP contribution >= 0.6 is 0 Å². The van der Waals surface area contributed by atoms with Gasteiger partial charge in [-0.2, -0.15) is 0 Å². The van der Waals surface area contributed by atoms with Crippen molar-refractivity contribution in [3.63, 3.8) is 0 Å². The molecule has 0 aliphatic heterocycles. The summed E-state index contributed by atoms with van der Waals surface area (Å²) in [4.78, 5) is 0. The summed E-state index contributed by atoms with van der Waals surface area (Å²) in [6.07, 6.45) is 9.93. The van der Waals surface area contributed by atoms with Crippen molar-refractivity contribution in [2.24, 2.45) is 11.8 Å². The van der Waals surface area contributed by atoms with Crippen LogP contribution in [0.2, 0.25) is 0 Å². The Hall–Kier alpha value is -2.61. The Kier molecular flexibility index (Phi) is 10.3. The van der Waals surface area contributed by atoms with Crippen LogP contribution in [0.25, 0.3) is 22.3 Å². The Balaban J connectivity index is 1.64. The molecule has 0 unspecified atom stereocenters. The van der Waals surface area contributed by atoms with E-state index in [1.165, 1.54) is 59.1 Å². The smallest absolute Gasteiger partial charge is 0.131 e. The van der Waals surface area contributed by atoms with Crippen molar-refractivity contribution < 1.29 is 9.13 Å². The maximum absolute atomic E-state index is 15.4. The second kappa shape index (κ2) is 13.6. The van der Waals surface area contributed by atoms with Gasteiger partial charge in [-0.1, -0.05) is 97.6 Å². The molecule has 1 nitrogen and oxygen atoms in total. The fraction of sp³-hybridized carbons (Fsp3) is 0.514. The van der Waals surface area contributed by atoms with Gasteiger partial charge < -0.3 is 4.74 Å². The first-order valence-electron chi connectivity index (χ1n) is 15.6. The van der Waals surface area contributed by atoms with Gasteiger partial charge in [0, 0.05) is 5.56 Å². The molecule has 0 radical (unpaired) electrons. The summed E-state index contributed by atoms with van der Waals surface area (Å²) in [6.45, 7) is 14.2. The van der Waals surface area contributed by atoms with E-state index in [0.717, 1.165) is 55.9 Å². The molecular weight excluding hydrogens is 479 g/mol. The summed E-state index contributed by atoms with van der Waals surface area (Å²) >= 11 is 0. The van der Waals surface area contributed by atoms with Crippen molar-refractivity contribution in [1.82, 2.24) is 0 Å². The number of rotatable bonds is 11. The highest BCUT2D eigenvalue weighted by molar-refractivity contribution is 5.76. The van der Waals surface area contributed by atoms with Crippen LogP contribution in [0, 0.1) is 17.7 Å². The molecule has 1 saturated carbocycles. The molecule has 0 N–H and O–H groups in total. The highest BCUT2D eigenvalue weighted by Gasteiger charge is 2.21. The van der Waals surface area contributed by atoms with Gasteiger partial charge in [0.1, 0.15) is 11.6 Å². The number of hydrogen-bond acceptors (Lipinski definition) is 1. The molecule has 1 fully saturated rings. The van der Waals surface area contributed by atoms with E-state index in [1.807, 2.05) is 6.07 Å². The van der Waals surface area contributed by atoms with Gasteiger partial charge in [0.05, 0.1) is 6.61 Å². The Morgan fingerprint density at radius 1 is 0.718 bits per heavy atom. The minimum atomic E-state index is -0.0959. The van der Waals surface area contributed by atoms with Crippen molar-refractivity contribution in [3.05, 3.63) is 76.6 Å². The van der Waals surface area contributed by atoms with E-state index in [2.05, 4.69) is 77.9 Å². The molecule has 0 spiro atoms. The van der Waals surface area contributed by atoms with Crippen LogP contribution in [-0.2, 0) is 19.3 Å². The number of benzene rings is 3. The van der Waals surface area contributed by atoms with Crippen molar-refractivity contribution in [1.29, 1.82) is 0 Å². The minimum Gasteiger partial charge on any atom is -0.493 e. The third-order valence-electron chi connectivity index (χ3n) is 9.21. The predicted molar refractivity (Wildman–Crippen MR) is 165 cm³/mol. The predicted octanol–water partition coefficient (Wildman–Crippen LogP) is 11.0. The van der Waals surface area contributed by atoms with Crippen LogP contribution in [0.15, 0.2) is 48.5 Å². The number of ether oxygens (including phenoxy) is 1. The number of hydrogen-bond donors (Lipinski definition) is 0. The maximum Gasteiger partial charge on any atom is 0.131 e. The van der Waals surface area contributed by atoms with Gasteiger partial charge in [-0.3, -0.25) is 0 Å². The van der Waals surface area contributed by atoms with E-state index < -0.39 is 0 Å². The van der Waals surface area contributed by atoms with E-state index in [-0.39, 0.29) is 5.82 Å². The lowest BCUT2D eigenvalue weighted by Crippen LogP contribution is -2.12. The first kappa shape index (κ1) is 29.4. The molecule has 0 bridgehead atoms. The van der Waals surface area contributed by atoms with Crippen molar-refractivity contribution >= 4 is 0 Å². The van der Waals surface area contributed by atoms with E-state index in [9.17, 15) is 0 Å². The largest absolute Gasteiger partial charge is 0.493 e. The SMILES string of the molecule is CCc1cc(-c2ccc(C3CCC(C)CC3)cc2F)ccc1-c1cc(CC)c(OCC(CC)CC)c(CC)c1. The van der Waals surface area contributed by atoms with Crippen LogP contribution in [0.5, 0.6) is 5.75 Å². The molecule has 39 heavy (non-hydrogen) atoms. The molecule has 0 saturated heterocycles. The highest BCUT2D eigenvalue weighted by atomic mass is 19.1. The molecule has 0 atom stereocenters. The van der Waals surface area contributed by atoms with Crippen LogP contribution in [0.4, 0.5) is 4.39 Å². The standard InChI is InChI=1S/C37H49FO/c1-7-26(8-2)24-39-37-28(10-4)21-33(22-29(37)11-5)34-18-17-32(20-27(34)9-3)35-19-16-31(23-36(35)38)30-14-12-25(6)13-15-30/h16-23,25-26,30H,7-15,24H2,1-6H3. The number of halogens is 1. The Bertz CT molecular complexity index is 1210. The van der Waals surface area contributed by atoms with Crippen LogP contribution < -0.4 is 4.74 Å². The van der Waals surface area contributed by atoms with Crippen molar-refractivity contribution in [2.75, 3.05) is 6.61 Å². The van der Waals surface area contributed by atoms with Gasteiger partial charge >= 0.3 is 0 Å². The average Bonchev–Trinajstić information content (AvgIpc) is 2.97. The zero-order valence-corrected chi connectivity index (χ0v) is 25.2. The van der Waals surface area contributed by atoms with Gasteiger partial charge in [-0.05, 0) is 107 Å². The van der Waals surface area contributed by atoms with E-state index in [4.69, 9.17) is 4.74 Å².